The van der Waals surface area contributed by atoms with Crippen LogP contribution in [-0.2, 0) is 16.6 Å². The highest BCUT2D eigenvalue weighted by Crippen LogP contribution is 2.42. The molecule has 0 amide bonds. The molecule has 0 unspecified atom stereocenters. The molecule has 4 aromatic rings. The predicted molar refractivity (Wildman–Crippen MR) is 99.2 cm³/mol. The average molecular weight is 380 g/mol. The first-order valence-corrected chi connectivity index (χ1v) is 9.73. The van der Waals surface area contributed by atoms with E-state index in [4.69, 9.17) is 4.42 Å². The first kappa shape index (κ1) is 16.0. The van der Waals surface area contributed by atoms with E-state index < -0.39 is 10.0 Å². The van der Waals surface area contributed by atoms with Gasteiger partial charge in [-0.3, -0.25) is 4.31 Å². The van der Waals surface area contributed by atoms with Crippen LogP contribution < -0.4 is 4.31 Å². The van der Waals surface area contributed by atoms with Gasteiger partial charge in [0.2, 0.25) is 5.89 Å². The lowest BCUT2D eigenvalue weighted by Gasteiger charge is -2.17. The van der Waals surface area contributed by atoms with Crippen LogP contribution in [0.25, 0.3) is 22.2 Å². The van der Waals surface area contributed by atoms with Crippen LogP contribution in [-0.4, -0.2) is 13.4 Å². The normalized spacial score (nSPS) is 14.8. The maximum atomic E-state index is 13.1. The Bertz CT molecular complexity index is 1280. The fraction of sp³-hybridized carbons (Fsp3) is 0.0500. The summed E-state index contributed by atoms with van der Waals surface area (Å²) in [6, 6.07) is 16.5. The summed E-state index contributed by atoms with van der Waals surface area (Å²) in [5.74, 6) is -0.0307. The van der Waals surface area contributed by atoms with Crippen molar-refractivity contribution in [1.29, 1.82) is 0 Å². The molecule has 0 saturated carbocycles. The summed E-state index contributed by atoms with van der Waals surface area (Å²) in [4.78, 5) is 4.67. The first-order valence-electron chi connectivity index (χ1n) is 8.29. The summed E-state index contributed by atoms with van der Waals surface area (Å²) in [6.45, 7) is 0.0564. The van der Waals surface area contributed by atoms with E-state index in [-0.39, 0.29) is 12.4 Å². The minimum absolute atomic E-state index is 0.0564. The van der Waals surface area contributed by atoms with Crippen LogP contribution in [0.2, 0.25) is 0 Å². The van der Waals surface area contributed by atoms with Crippen LogP contribution in [0, 0.1) is 5.82 Å². The molecule has 0 radical (unpaired) electrons. The number of anilines is 1. The number of sulfonamides is 1. The number of nitrogens with zero attached hydrogens (tertiary/aromatic N) is 2. The molecule has 0 saturated heterocycles. The Balaban J connectivity index is 1.54. The van der Waals surface area contributed by atoms with Gasteiger partial charge in [-0.1, -0.05) is 24.3 Å². The van der Waals surface area contributed by atoms with Gasteiger partial charge in [-0.05, 0) is 41.8 Å². The minimum Gasteiger partial charge on any atom is -0.444 e. The summed E-state index contributed by atoms with van der Waals surface area (Å²) in [7, 11) is -3.66. The van der Waals surface area contributed by atoms with Crippen LogP contribution in [0.4, 0.5) is 10.1 Å². The molecule has 5 rings (SSSR count). The Morgan fingerprint density at radius 1 is 1.00 bits per heavy atom. The zero-order valence-electron chi connectivity index (χ0n) is 14.0. The van der Waals surface area contributed by atoms with Gasteiger partial charge in [0.15, 0.2) is 0 Å². The molecular weight excluding hydrogens is 367 g/mol. The Morgan fingerprint density at radius 3 is 2.52 bits per heavy atom. The smallest absolute Gasteiger partial charge is 0.265 e. The Labute approximate surface area is 154 Å². The molecule has 0 bridgehead atoms. The van der Waals surface area contributed by atoms with E-state index in [2.05, 4.69) is 4.98 Å². The topological polar surface area (TPSA) is 63.4 Å². The fourth-order valence-electron chi connectivity index (χ4n) is 3.38. The molecule has 5 nitrogen and oxygen atoms in total. The average Bonchev–Trinajstić information content (AvgIpc) is 3.21. The first-order chi connectivity index (χ1) is 13.0. The zero-order valence-corrected chi connectivity index (χ0v) is 14.8. The largest absolute Gasteiger partial charge is 0.444 e. The van der Waals surface area contributed by atoms with Gasteiger partial charge >= 0.3 is 0 Å². The summed E-state index contributed by atoms with van der Waals surface area (Å²) in [5, 5.41) is 1.60. The molecule has 1 aliphatic rings. The van der Waals surface area contributed by atoms with E-state index in [1.54, 1.807) is 30.3 Å². The molecule has 0 fully saturated rings. The van der Waals surface area contributed by atoms with E-state index in [0.29, 0.717) is 27.7 Å². The SMILES string of the molecule is O=S1(=O)c2cccc3cccc(c23)N1Cc1coc(-c2ccc(F)cc2)n1. The molecule has 134 valence electrons. The highest BCUT2D eigenvalue weighted by molar-refractivity contribution is 7.93. The van der Waals surface area contributed by atoms with Crippen molar-refractivity contribution in [2.75, 3.05) is 4.31 Å². The third-order valence-corrected chi connectivity index (χ3v) is 6.43. The van der Waals surface area contributed by atoms with E-state index in [1.807, 2.05) is 18.2 Å². The summed E-state index contributed by atoms with van der Waals surface area (Å²) < 4.78 is 45.9. The second kappa shape index (κ2) is 5.65. The summed E-state index contributed by atoms with van der Waals surface area (Å²) in [6.07, 6.45) is 1.43. The van der Waals surface area contributed by atoms with Gasteiger partial charge in [0, 0.05) is 10.9 Å². The van der Waals surface area contributed by atoms with E-state index >= 15 is 0 Å². The van der Waals surface area contributed by atoms with Crippen LogP contribution in [0.1, 0.15) is 5.69 Å². The number of rotatable bonds is 3. The maximum Gasteiger partial charge on any atom is 0.265 e. The van der Waals surface area contributed by atoms with Crippen molar-refractivity contribution in [1.82, 2.24) is 4.98 Å². The van der Waals surface area contributed by atoms with Crippen molar-refractivity contribution < 1.29 is 17.2 Å². The van der Waals surface area contributed by atoms with Crippen LogP contribution in [0.3, 0.4) is 0 Å². The molecular formula is C20H13FN2O3S. The summed E-state index contributed by atoms with van der Waals surface area (Å²) >= 11 is 0. The van der Waals surface area contributed by atoms with E-state index in [9.17, 15) is 12.8 Å². The molecule has 2 heterocycles. The third kappa shape index (κ3) is 2.43. The van der Waals surface area contributed by atoms with Gasteiger partial charge in [-0.15, -0.1) is 0 Å². The van der Waals surface area contributed by atoms with Crippen LogP contribution in [0.15, 0.2) is 76.2 Å². The van der Waals surface area contributed by atoms with Gasteiger partial charge in [0.05, 0.1) is 17.1 Å². The highest BCUT2D eigenvalue weighted by atomic mass is 32.2. The number of benzene rings is 3. The van der Waals surface area contributed by atoms with Crippen LogP contribution in [0.5, 0.6) is 0 Å². The number of hydrogen-bond acceptors (Lipinski definition) is 4. The van der Waals surface area contributed by atoms with Gasteiger partial charge in [-0.2, -0.15) is 0 Å². The number of aromatic nitrogens is 1. The number of halogens is 1. The second-order valence-electron chi connectivity index (χ2n) is 6.29. The number of oxazole rings is 1. The lowest BCUT2D eigenvalue weighted by atomic mass is 10.1. The lowest BCUT2D eigenvalue weighted by Crippen LogP contribution is -2.26. The van der Waals surface area contributed by atoms with Gasteiger partial charge < -0.3 is 4.42 Å². The van der Waals surface area contributed by atoms with E-state index in [0.717, 1.165) is 10.8 Å². The Hall–Kier alpha value is -3.19. The van der Waals surface area contributed by atoms with Crippen molar-refractivity contribution in [3.05, 3.63) is 78.4 Å². The van der Waals surface area contributed by atoms with Crippen molar-refractivity contribution >= 4 is 26.5 Å². The molecule has 0 spiro atoms. The zero-order chi connectivity index (χ0) is 18.6. The molecule has 27 heavy (non-hydrogen) atoms. The van der Waals surface area contributed by atoms with Crippen molar-refractivity contribution in [3.8, 4) is 11.5 Å². The van der Waals surface area contributed by atoms with Crippen molar-refractivity contribution in [3.63, 3.8) is 0 Å². The standard InChI is InChI=1S/C20H13FN2O3S/c21-15-9-7-14(8-10-15)20-22-16(12-26-20)11-23-17-5-1-3-13-4-2-6-18(19(13)17)27(23,24)25/h1-10,12H,11H2. The van der Waals surface area contributed by atoms with Gasteiger partial charge in [0.25, 0.3) is 10.0 Å². The van der Waals surface area contributed by atoms with E-state index in [1.165, 1.54) is 22.7 Å². The molecule has 0 N–H and O–H groups in total. The molecule has 7 heteroatoms. The maximum absolute atomic E-state index is 13.1. The lowest BCUT2D eigenvalue weighted by molar-refractivity contribution is 0.571. The number of hydrogen-bond donors (Lipinski definition) is 0. The Morgan fingerprint density at radius 2 is 1.74 bits per heavy atom. The summed E-state index contributed by atoms with van der Waals surface area (Å²) in [5.41, 5.74) is 1.73. The Kier molecular flexibility index (Phi) is 3.35. The molecule has 1 aliphatic heterocycles. The van der Waals surface area contributed by atoms with Gasteiger partial charge in [-0.25, -0.2) is 17.8 Å². The predicted octanol–water partition coefficient (Wildman–Crippen LogP) is 4.34. The molecule has 0 atom stereocenters. The van der Waals surface area contributed by atoms with Gasteiger partial charge in [0.1, 0.15) is 17.8 Å². The monoisotopic (exact) mass is 380 g/mol. The molecule has 0 aliphatic carbocycles. The molecule has 3 aromatic carbocycles. The third-order valence-electron chi connectivity index (χ3n) is 4.63. The van der Waals surface area contributed by atoms with Crippen molar-refractivity contribution in [2.24, 2.45) is 0 Å². The molecule has 1 aromatic heterocycles. The fourth-order valence-corrected chi connectivity index (χ4v) is 5.06. The quantitative estimate of drug-likeness (QED) is 0.530. The van der Waals surface area contributed by atoms with Crippen molar-refractivity contribution in [2.45, 2.75) is 11.4 Å². The van der Waals surface area contributed by atoms with Crippen LogP contribution >= 0.6 is 0 Å². The minimum atomic E-state index is -3.66. The highest BCUT2D eigenvalue weighted by Gasteiger charge is 2.35. The second-order valence-corrected chi connectivity index (χ2v) is 8.12.